The summed E-state index contributed by atoms with van der Waals surface area (Å²) in [4.78, 5) is 4.05. The van der Waals surface area contributed by atoms with Gasteiger partial charge in [0.15, 0.2) is 0 Å². The van der Waals surface area contributed by atoms with Gasteiger partial charge in [0.1, 0.15) is 10.8 Å². The molecule has 0 aliphatic heterocycles. The summed E-state index contributed by atoms with van der Waals surface area (Å²) < 4.78 is 1.71. The lowest BCUT2D eigenvalue weighted by atomic mass is 10.3. The van der Waals surface area contributed by atoms with Gasteiger partial charge in [-0.2, -0.15) is 0 Å². The van der Waals surface area contributed by atoms with Crippen LogP contribution in [0.4, 0.5) is 0 Å². The van der Waals surface area contributed by atoms with Gasteiger partial charge >= 0.3 is 0 Å². The van der Waals surface area contributed by atoms with Gasteiger partial charge in [-0.1, -0.05) is 17.7 Å². The SMILES string of the molecule is OCc1cccc2ncc(Cl)n12. The lowest BCUT2D eigenvalue weighted by Gasteiger charge is -2.01. The molecule has 1 N–H and O–H groups in total. The van der Waals surface area contributed by atoms with Crippen LogP contribution >= 0.6 is 11.6 Å². The van der Waals surface area contributed by atoms with Crippen LogP contribution in [-0.4, -0.2) is 14.5 Å². The number of nitrogens with zero attached hydrogens (tertiary/aromatic N) is 2. The molecule has 2 rings (SSSR count). The first-order chi connectivity index (χ1) is 5.83. The Balaban J connectivity index is 2.84. The van der Waals surface area contributed by atoms with Crippen LogP contribution in [0.5, 0.6) is 0 Å². The minimum Gasteiger partial charge on any atom is -0.390 e. The van der Waals surface area contributed by atoms with Crippen molar-refractivity contribution in [2.75, 3.05) is 0 Å². The number of aliphatic hydroxyl groups excluding tert-OH is 1. The largest absolute Gasteiger partial charge is 0.390 e. The minimum absolute atomic E-state index is 0.0343. The van der Waals surface area contributed by atoms with Crippen molar-refractivity contribution in [3.63, 3.8) is 0 Å². The van der Waals surface area contributed by atoms with E-state index in [1.165, 1.54) is 0 Å². The Kier molecular flexibility index (Phi) is 1.75. The van der Waals surface area contributed by atoms with Crippen LogP contribution in [0.15, 0.2) is 24.4 Å². The monoisotopic (exact) mass is 182 g/mol. The van der Waals surface area contributed by atoms with E-state index in [9.17, 15) is 0 Å². The number of hydrogen-bond acceptors (Lipinski definition) is 2. The standard InChI is InChI=1S/C8H7ClN2O/c9-7-4-10-8-3-1-2-6(5-12)11(7)8/h1-4,12H,5H2. The van der Waals surface area contributed by atoms with Gasteiger partial charge in [-0.25, -0.2) is 4.98 Å². The molecular weight excluding hydrogens is 176 g/mol. The average molecular weight is 183 g/mol. The summed E-state index contributed by atoms with van der Waals surface area (Å²) in [6.45, 7) is -0.0343. The van der Waals surface area contributed by atoms with Crippen molar-refractivity contribution in [2.24, 2.45) is 0 Å². The van der Waals surface area contributed by atoms with Gasteiger partial charge < -0.3 is 5.11 Å². The van der Waals surface area contributed by atoms with Crippen molar-refractivity contribution in [3.8, 4) is 0 Å². The van der Waals surface area contributed by atoms with Crippen molar-refractivity contribution in [3.05, 3.63) is 35.2 Å². The van der Waals surface area contributed by atoms with E-state index >= 15 is 0 Å². The fourth-order valence-electron chi connectivity index (χ4n) is 1.19. The van der Waals surface area contributed by atoms with E-state index in [-0.39, 0.29) is 6.61 Å². The fraction of sp³-hybridized carbons (Fsp3) is 0.125. The maximum absolute atomic E-state index is 8.97. The smallest absolute Gasteiger partial charge is 0.138 e. The van der Waals surface area contributed by atoms with Crippen molar-refractivity contribution in [1.29, 1.82) is 0 Å². The van der Waals surface area contributed by atoms with Crippen molar-refractivity contribution < 1.29 is 5.11 Å². The van der Waals surface area contributed by atoms with E-state index in [0.29, 0.717) is 5.15 Å². The van der Waals surface area contributed by atoms with Gasteiger partial charge in [-0.05, 0) is 12.1 Å². The van der Waals surface area contributed by atoms with Crippen LogP contribution in [0.1, 0.15) is 5.69 Å². The van der Waals surface area contributed by atoms with E-state index < -0.39 is 0 Å². The second kappa shape index (κ2) is 2.77. The zero-order valence-electron chi connectivity index (χ0n) is 6.24. The van der Waals surface area contributed by atoms with E-state index in [1.54, 1.807) is 16.7 Å². The van der Waals surface area contributed by atoms with Gasteiger partial charge in [-0.3, -0.25) is 4.40 Å². The quantitative estimate of drug-likeness (QED) is 0.726. The number of aromatic nitrogens is 2. The molecule has 0 atom stereocenters. The highest BCUT2D eigenvalue weighted by molar-refractivity contribution is 6.29. The number of hydrogen-bond donors (Lipinski definition) is 1. The molecule has 2 aromatic rings. The zero-order valence-corrected chi connectivity index (χ0v) is 6.99. The molecule has 0 fully saturated rings. The molecule has 62 valence electrons. The molecule has 0 aliphatic rings. The summed E-state index contributed by atoms with van der Waals surface area (Å²) in [5.74, 6) is 0. The highest BCUT2D eigenvalue weighted by atomic mass is 35.5. The van der Waals surface area contributed by atoms with Crippen molar-refractivity contribution >= 4 is 17.2 Å². The molecule has 0 radical (unpaired) electrons. The van der Waals surface area contributed by atoms with Crippen LogP contribution in [-0.2, 0) is 6.61 Å². The molecule has 0 amide bonds. The molecule has 0 bridgehead atoms. The number of imidazole rings is 1. The summed E-state index contributed by atoms with van der Waals surface area (Å²) in [6, 6.07) is 5.48. The van der Waals surface area contributed by atoms with E-state index in [0.717, 1.165) is 11.3 Å². The molecule has 0 saturated carbocycles. The van der Waals surface area contributed by atoms with Crippen LogP contribution in [0.3, 0.4) is 0 Å². The maximum Gasteiger partial charge on any atom is 0.138 e. The van der Waals surface area contributed by atoms with Crippen LogP contribution in [0, 0.1) is 0 Å². The van der Waals surface area contributed by atoms with Crippen molar-refractivity contribution in [1.82, 2.24) is 9.38 Å². The molecule has 12 heavy (non-hydrogen) atoms. The minimum atomic E-state index is -0.0343. The zero-order chi connectivity index (χ0) is 8.55. The second-order valence-corrected chi connectivity index (χ2v) is 2.84. The molecule has 2 heterocycles. The van der Waals surface area contributed by atoms with Crippen molar-refractivity contribution in [2.45, 2.75) is 6.61 Å². The number of halogens is 1. The number of fused-ring (bicyclic) bond motifs is 1. The molecule has 0 saturated heterocycles. The van der Waals surface area contributed by atoms with Gasteiger partial charge in [0.2, 0.25) is 0 Å². The molecule has 3 nitrogen and oxygen atoms in total. The Labute approximate surface area is 74.2 Å². The summed E-state index contributed by atoms with van der Waals surface area (Å²) in [7, 11) is 0. The van der Waals surface area contributed by atoms with E-state index in [2.05, 4.69) is 4.98 Å². The van der Waals surface area contributed by atoms with Gasteiger partial charge in [0.05, 0.1) is 18.5 Å². The fourth-order valence-corrected chi connectivity index (χ4v) is 1.43. The molecule has 0 aromatic carbocycles. The highest BCUT2D eigenvalue weighted by Crippen LogP contribution is 2.14. The van der Waals surface area contributed by atoms with E-state index in [1.807, 2.05) is 12.1 Å². The average Bonchev–Trinajstić information content (AvgIpc) is 2.48. The Bertz CT molecular complexity index is 410. The van der Waals surface area contributed by atoms with Crippen LogP contribution in [0.2, 0.25) is 5.15 Å². The first-order valence-corrected chi connectivity index (χ1v) is 3.92. The summed E-state index contributed by atoms with van der Waals surface area (Å²) >= 11 is 5.85. The molecular formula is C8H7ClN2O. The molecule has 0 unspecified atom stereocenters. The van der Waals surface area contributed by atoms with Gasteiger partial charge in [0.25, 0.3) is 0 Å². The lowest BCUT2D eigenvalue weighted by Crippen LogP contribution is -1.95. The topological polar surface area (TPSA) is 37.5 Å². The molecule has 0 spiro atoms. The predicted molar refractivity (Wildman–Crippen MR) is 46.1 cm³/mol. The third-order valence-corrected chi connectivity index (χ3v) is 2.00. The number of pyridine rings is 1. The lowest BCUT2D eigenvalue weighted by molar-refractivity contribution is 0.275. The van der Waals surface area contributed by atoms with Gasteiger partial charge in [0, 0.05) is 0 Å². The third-order valence-electron chi connectivity index (χ3n) is 1.73. The first-order valence-electron chi connectivity index (χ1n) is 3.54. The second-order valence-electron chi connectivity index (χ2n) is 2.45. The Morgan fingerprint density at radius 3 is 3.08 bits per heavy atom. The summed E-state index contributed by atoms with van der Waals surface area (Å²) in [5.41, 5.74) is 1.50. The Morgan fingerprint density at radius 2 is 2.33 bits per heavy atom. The van der Waals surface area contributed by atoms with Crippen LogP contribution < -0.4 is 0 Å². The molecule has 4 heteroatoms. The maximum atomic E-state index is 8.97. The third kappa shape index (κ3) is 0.983. The normalized spacial score (nSPS) is 10.8. The number of aliphatic hydroxyl groups is 1. The summed E-state index contributed by atoms with van der Waals surface area (Å²) in [6.07, 6.45) is 1.57. The first kappa shape index (κ1) is 7.58. The highest BCUT2D eigenvalue weighted by Gasteiger charge is 2.03. The van der Waals surface area contributed by atoms with E-state index in [4.69, 9.17) is 16.7 Å². The predicted octanol–water partition coefficient (Wildman–Crippen LogP) is 1.48. The Hall–Kier alpha value is -1.06. The molecule has 2 aromatic heterocycles. The molecule has 0 aliphatic carbocycles. The number of rotatable bonds is 1. The van der Waals surface area contributed by atoms with Crippen LogP contribution in [0.25, 0.3) is 5.65 Å². The van der Waals surface area contributed by atoms with Gasteiger partial charge in [-0.15, -0.1) is 0 Å². The summed E-state index contributed by atoms with van der Waals surface area (Å²) in [5, 5.41) is 9.49. The Morgan fingerprint density at radius 1 is 1.50 bits per heavy atom.